The van der Waals surface area contributed by atoms with Crippen LogP contribution in [0.1, 0.15) is 313 Å². The molecule has 0 aromatic carbocycles. The van der Waals surface area contributed by atoms with E-state index in [-0.39, 0.29) is 16.8 Å². The molecule has 332 valence electrons. The lowest BCUT2D eigenvalue weighted by atomic mass is 9.86. The zero-order chi connectivity index (χ0) is 40.8. The van der Waals surface area contributed by atoms with Crippen molar-refractivity contribution in [2.75, 3.05) is 0 Å². The summed E-state index contributed by atoms with van der Waals surface area (Å²) in [5, 5.41) is 0. The highest BCUT2D eigenvalue weighted by molar-refractivity contribution is 7.41. The highest BCUT2D eigenvalue weighted by Gasteiger charge is 2.44. The Hall–Kier alpha value is 0.310. The Kier molecular flexibility index (Phi) is 38.7. The molecule has 4 heteroatoms. The molecule has 0 atom stereocenters. The van der Waals surface area contributed by atoms with Gasteiger partial charge in [0, 0.05) is 0 Å². The van der Waals surface area contributed by atoms with Crippen molar-refractivity contribution in [3.05, 3.63) is 0 Å². The minimum atomic E-state index is -1.51. The summed E-state index contributed by atoms with van der Waals surface area (Å²) >= 11 is 0. The summed E-state index contributed by atoms with van der Waals surface area (Å²) in [5.41, 5.74) is -0.443. The van der Waals surface area contributed by atoms with Gasteiger partial charge in [-0.2, -0.15) is 0 Å². The molecule has 0 heterocycles. The van der Waals surface area contributed by atoms with Gasteiger partial charge in [-0.3, -0.25) is 0 Å². The van der Waals surface area contributed by atoms with Crippen LogP contribution in [0.3, 0.4) is 0 Å². The first-order valence-corrected chi connectivity index (χ1v) is 26.8. The van der Waals surface area contributed by atoms with Crippen molar-refractivity contribution in [3.63, 3.8) is 0 Å². The van der Waals surface area contributed by atoms with E-state index in [2.05, 4.69) is 62.3 Å². The predicted molar refractivity (Wildman–Crippen MR) is 249 cm³/mol. The highest BCUT2D eigenvalue weighted by Crippen LogP contribution is 2.58. The van der Waals surface area contributed by atoms with Crippen LogP contribution in [-0.2, 0) is 13.6 Å². The molecule has 0 fully saturated rings. The zero-order valence-corrected chi connectivity index (χ0v) is 40.6. The van der Waals surface area contributed by atoms with Crippen LogP contribution in [0.5, 0.6) is 0 Å². The van der Waals surface area contributed by atoms with Gasteiger partial charge in [0.25, 0.3) is 0 Å². The smallest absolute Gasteiger partial charge is 0.306 e. The maximum atomic E-state index is 7.84. The summed E-state index contributed by atoms with van der Waals surface area (Å²) in [7, 11) is -1.51. The first kappa shape index (κ1) is 55.3. The second-order valence-electron chi connectivity index (χ2n) is 18.2. The van der Waals surface area contributed by atoms with Gasteiger partial charge in [-0.05, 0) is 57.8 Å². The molecule has 0 spiro atoms. The van der Waals surface area contributed by atoms with Gasteiger partial charge in [0.05, 0.1) is 16.8 Å². The summed E-state index contributed by atoms with van der Waals surface area (Å²) in [4.78, 5) is 0. The molecular formula is C51H105O3P. The Morgan fingerprint density at radius 2 is 0.382 bits per heavy atom. The molecule has 0 amide bonds. The van der Waals surface area contributed by atoms with Gasteiger partial charge in [0.1, 0.15) is 0 Å². The van der Waals surface area contributed by atoms with Crippen molar-refractivity contribution < 1.29 is 13.6 Å². The molecule has 0 rings (SSSR count). The lowest BCUT2D eigenvalue weighted by Crippen LogP contribution is -2.39. The monoisotopic (exact) mass is 797 g/mol. The van der Waals surface area contributed by atoms with Crippen LogP contribution in [0.2, 0.25) is 0 Å². The SMILES string of the molecule is CCCCCCCCC(CCCC)(CCCC)OP(OC(CCCC)(CCCC)CCCCCCCC)OC(CCCC)(CCCC)CCCCCCCC. The Morgan fingerprint density at radius 1 is 0.218 bits per heavy atom. The first-order valence-electron chi connectivity index (χ1n) is 25.7. The Labute approximate surface area is 350 Å². The Balaban J connectivity index is 7.13. The number of hydrogen-bond donors (Lipinski definition) is 0. The second-order valence-corrected chi connectivity index (χ2v) is 19.2. The average Bonchev–Trinajstić information content (AvgIpc) is 3.19. The third kappa shape index (κ3) is 28.4. The fourth-order valence-electron chi connectivity index (χ4n) is 8.74. The number of hydrogen-bond acceptors (Lipinski definition) is 3. The van der Waals surface area contributed by atoms with E-state index >= 15 is 0 Å². The Bertz CT molecular complexity index is 647. The van der Waals surface area contributed by atoms with E-state index in [4.69, 9.17) is 13.6 Å². The molecule has 3 nitrogen and oxygen atoms in total. The van der Waals surface area contributed by atoms with Gasteiger partial charge in [-0.25, -0.2) is 0 Å². The fourth-order valence-corrected chi connectivity index (χ4v) is 10.6. The maximum absolute atomic E-state index is 7.84. The molecule has 55 heavy (non-hydrogen) atoms. The van der Waals surface area contributed by atoms with E-state index in [1.165, 1.54) is 193 Å². The minimum absolute atomic E-state index is 0.148. The van der Waals surface area contributed by atoms with Crippen LogP contribution < -0.4 is 0 Å². The van der Waals surface area contributed by atoms with Gasteiger partial charge >= 0.3 is 8.60 Å². The zero-order valence-electron chi connectivity index (χ0n) is 39.7. The van der Waals surface area contributed by atoms with Crippen molar-refractivity contribution >= 4 is 8.60 Å². The molecule has 0 saturated heterocycles. The predicted octanol–water partition coefficient (Wildman–Crippen LogP) is 19.9. The van der Waals surface area contributed by atoms with Crippen LogP contribution in [0.4, 0.5) is 0 Å². The van der Waals surface area contributed by atoms with Crippen molar-refractivity contribution in [2.45, 2.75) is 330 Å². The van der Waals surface area contributed by atoms with E-state index in [0.29, 0.717) is 0 Å². The second kappa shape index (κ2) is 38.5. The molecule has 0 aromatic heterocycles. The molecule has 0 unspecified atom stereocenters. The lowest BCUT2D eigenvalue weighted by Gasteiger charge is -2.45. The van der Waals surface area contributed by atoms with Crippen LogP contribution in [-0.4, -0.2) is 16.8 Å². The molecule has 0 radical (unpaired) electrons. The molecule has 0 aliphatic carbocycles. The summed E-state index contributed by atoms with van der Waals surface area (Å²) in [6.07, 6.45) is 49.1. The van der Waals surface area contributed by atoms with Gasteiger partial charge in [0.15, 0.2) is 0 Å². The number of rotatable bonds is 45. The quantitative estimate of drug-likeness (QED) is 0.0454. The maximum Gasteiger partial charge on any atom is 0.334 e. The molecule has 0 aliphatic rings. The first-order chi connectivity index (χ1) is 26.8. The Morgan fingerprint density at radius 3 is 0.582 bits per heavy atom. The van der Waals surface area contributed by atoms with Crippen LogP contribution in [0.15, 0.2) is 0 Å². The van der Waals surface area contributed by atoms with Crippen LogP contribution in [0.25, 0.3) is 0 Å². The van der Waals surface area contributed by atoms with Crippen LogP contribution in [0, 0.1) is 0 Å². The standard InChI is InChI=1S/C51H105O3P/c1-10-19-28-31-34-37-46-49(40-22-13-4,41-23-14-5)52-55(53-50(42-24-15-6,43-25-16-7)47-38-35-32-29-20-11-2)54-51(44-26-17-8,45-27-18-9)48-39-36-33-30-21-12-3/h10-48H2,1-9H3. The highest BCUT2D eigenvalue weighted by atomic mass is 31.2. The summed E-state index contributed by atoms with van der Waals surface area (Å²) in [6.45, 7) is 21.2. The van der Waals surface area contributed by atoms with E-state index < -0.39 is 8.60 Å². The van der Waals surface area contributed by atoms with Crippen molar-refractivity contribution in [1.29, 1.82) is 0 Å². The lowest BCUT2D eigenvalue weighted by molar-refractivity contribution is -0.0695. The van der Waals surface area contributed by atoms with E-state index in [9.17, 15) is 0 Å². The normalized spacial score (nSPS) is 12.8. The van der Waals surface area contributed by atoms with Crippen LogP contribution >= 0.6 is 8.60 Å². The van der Waals surface area contributed by atoms with Crippen molar-refractivity contribution in [1.82, 2.24) is 0 Å². The van der Waals surface area contributed by atoms with Crippen molar-refractivity contribution in [3.8, 4) is 0 Å². The van der Waals surface area contributed by atoms with Gasteiger partial charge in [0.2, 0.25) is 0 Å². The molecule has 0 bridgehead atoms. The number of unbranched alkanes of at least 4 members (excludes halogenated alkanes) is 21. The van der Waals surface area contributed by atoms with Crippen molar-refractivity contribution in [2.24, 2.45) is 0 Å². The molecule has 0 aliphatic heterocycles. The summed E-state index contributed by atoms with van der Waals surface area (Å²) < 4.78 is 23.5. The van der Waals surface area contributed by atoms with Gasteiger partial charge in [-0.1, -0.05) is 255 Å². The molecule has 0 N–H and O–H groups in total. The van der Waals surface area contributed by atoms with E-state index in [1.807, 2.05) is 0 Å². The summed E-state index contributed by atoms with van der Waals surface area (Å²) in [5.74, 6) is 0. The molecule has 0 saturated carbocycles. The third-order valence-corrected chi connectivity index (χ3v) is 14.3. The molecule has 0 aromatic rings. The van der Waals surface area contributed by atoms with Gasteiger partial charge in [-0.15, -0.1) is 0 Å². The largest absolute Gasteiger partial charge is 0.334 e. The minimum Gasteiger partial charge on any atom is -0.306 e. The molecular weight excluding hydrogens is 692 g/mol. The third-order valence-electron chi connectivity index (χ3n) is 12.7. The van der Waals surface area contributed by atoms with E-state index in [1.54, 1.807) is 0 Å². The fraction of sp³-hybridized carbons (Fsp3) is 1.00. The topological polar surface area (TPSA) is 27.7 Å². The average molecular weight is 797 g/mol. The van der Waals surface area contributed by atoms with E-state index in [0.717, 1.165) is 57.8 Å². The summed E-state index contributed by atoms with van der Waals surface area (Å²) in [6, 6.07) is 0. The van der Waals surface area contributed by atoms with Gasteiger partial charge < -0.3 is 13.6 Å².